The number of halogens is 2. The van der Waals surface area contributed by atoms with Crippen LogP contribution in [0.4, 0.5) is 20.2 Å². The van der Waals surface area contributed by atoms with Gasteiger partial charge in [0, 0.05) is 36.9 Å². The Morgan fingerprint density at radius 2 is 2.06 bits per heavy atom. The molecule has 2 heterocycles. The molecule has 1 aliphatic heterocycles. The SMILES string of the molecule is CONC1=CN(c2c(F)c(N)c3c(=O)c(C(=O)O)cn(C4CC4)c3c2F)CC1(C)CN. The van der Waals surface area contributed by atoms with Crippen molar-refractivity contribution in [1.82, 2.24) is 10.0 Å². The van der Waals surface area contributed by atoms with Gasteiger partial charge in [-0.2, -0.15) is 0 Å². The van der Waals surface area contributed by atoms with Crippen LogP contribution in [0.15, 0.2) is 22.9 Å². The third kappa shape index (κ3) is 3.12. The molecule has 0 spiro atoms. The van der Waals surface area contributed by atoms with E-state index >= 15 is 8.78 Å². The number of hydrogen-bond donors (Lipinski definition) is 4. The standard InChI is InChI=1S/C20H23F2N5O4/c1-20(7-23)8-26(6-11(20)25-31-2)17-13(21)15(24)12-16(14(17)22)27(9-3-4-9)5-10(18(12)28)19(29)30/h5-6,9,25H,3-4,7-8,23-24H2,1-2H3,(H,29,30). The topological polar surface area (TPSA) is 136 Å². The van der Waals surface area contributed by atoms with Crippen molar-refractivity contribution in [3.05, 3.63) is 45.5 Å². The Bertz CT molecular complexity index is 1190. The minimum atomic E-state index is -1.48. The number of aromatic carboxylic acids is 1. The van der Waals surface area contributed by atoms with Crippen LogP contribution in [0.5, 0.6) is 0 Å². The number of aromatic nitrogens is 1. The van der Waals surface area contributed by atoms with Crippen LogP contribution in [0.1, 0.15) is 36.2 Å². The van der Waals surface area contributed by atoms with Crippen molar-refractivity contribution in [2.45, 2.75) is 25.8 Å². The summed E-state index contributed by atoms with van der Waals surface area (Å²) in [7, 11) is 1.41. The molecule has 9 nitrogen and oxygen atoms in total. The molecule has 6 N–H and O–H groups in total. The lowest BCUT2D eigenvalue weighted by atomic mass is 9.89. The lowest BCUT2D eigenvalue weighted by Crippen LogP contribution is -2.38. The van der Waals surface area contributed by atoms with E-state index in [-0.39, 0.29) is 24.6 Å². The molecule has 1 saturated carbocycles. The summed E-state index contributed by atoms with van der Waals surface area (Å²) in [5, 5.41) is 8.92. The van der Waals surface area contributed by atoms with Crippen LogP contribution in [0.2, 0.25) is 0 Å². The minimum Gasteiger partial charge on any atom is -0.477 e. The molecular weight excluding hydrogens is 412 g/mol. The Labute approximate surface area is 175 Å². The molecular formula is C20H23F2N5O4. The number of carboxylic acid groups (broad SMARTS) is 1. The second kappa shape index (κ2) is 7.20. The van der Waals surface area contributed by atoms with Crippen LogP contribution in [0, 0.1) is 17.0 Å². The van der Waals surface area contributed by atoms with E-state index in [0.29, 0.717) is 18.5 Å². The number of nitrogen functional groups attached to an aromatic ring is 1. The number of pyridine rings is 1. The van der Waals surface area contributed by atoms with Crippen LogP contribution >= 0.6 is 0 Å². The Hall–Kier alpha value is -3.18. The molecule has 0 amide bonds. The van der Waals surface area contributed by atoms with Crippen LogP contribution in [-0.2, 0) is 4.84 Å². The van der Waals surface area contributed by atoms with Crippen molar-refractivity contribution in [2.24, 2.45) is 11.1 Å². The molecule has 166 valence electrons. The van der Waals surface area contributed by atoms with Gasteiger partial charge < -0.3 is 26.0 Å². The third-order valence-corrected chi connectivity index (χ3v) is 5.94. The van der Waals surface area contributed by atoms with Crippen LogP contribution in [0.3, 0.4) is 0 Å². The average Bonchev–Trinajstić information content (AvgIpc) is 3.51. The van der Waals surface area contributed by atoms with E-state index in [1.807, 2.05) is 6.92 Å². The molecule has 1 aromatic carbocycles. The molecule has 1 aliphatic carbocycles. The van der Waals surface area contributed by atoms with Crippen molar-refractivity contribution in [3.8, 4) is 0 Å². The number of carboxylic acids is 1. The zero-order valence-electron chi connectivity index (χ0n) is 17.0. The molecule has 31 heavy (non-hydrogen) atoms. The van der Waals surface area contributed by atoms with E-state index < -0.39 is 50.8 Å². The normalized spacial score (nSPS) is 20.9. The smallest absolute Gasteiger partial charge is 0.341 e. The summed E-state index contributed by atoms with van der Waals surface area (Å²) >= 11 is 0. The maximum absolute atomic E-state index is 15.8. The number of nitrogens with one attached hydrogen (secondary N) is 1. The lowest BCUT2D eigenvalue weighted by Gasteiger charge is -2.28. The molecule has 11 heteroatoms. The van der Waals surface area contributed by atoms with Gasteiger partial charge >= 0.3 is 5.97 Å². The minimum absolute atomic E-state index is 0.134. The monoisotopic (exact) mass is 435 g/mol. The number of hydroxylamine groups is 1. The van der Waals surface area contributed by atoms with E-state index in [2.05, 4.69) is 5.48 Å². The largest absolute Gasteiger partial charge is 0.477 e. The molecule has 0 saturated heterocycles. The number of benzene rings is 1. The second-order valence-electron chi connectivity index (χ2n) is 8.17. The number of nitrogens with zero attached hydrogens (tertiary/aromatic N) is 2. The first-order valence-corrected chi connectivity index (χ1v) is 9.71. The lowest BCUT2D eigenvalue weighted by molar-refractivity contribution is 0.0695. The molecule has 1 atom stereocenters. The zero-order valence-corrected chi connectivity index (χ0v) is 17.0. The third-order valence-electron chi connectivity index (χ3n) is 5.94. The molecule has 2 aliphatic rings. The quantitative estimate of drug-likeness (QED) is 0.397. The predicted molar refractivity (Wildman–Crippen MR) is 111 cm³/mol. The first-order chi connectivity index (χ1) is 14.6. The fourth-order valence-corrected chi connectivity index (χ4v) is 3.99. The summed E-state index contributed by atoms with van der Waals surface area (Å²) in [4.78, 5) is 30.6. The van der Waals surface area contributed by atoms with Gasteiger partial charge in [-0.1, -0.05) is 6.92 Å². The van der Waals surface area contributed by atoms with Gasteiger partial charge in [-0.15, -0.1) is 0 Å². The Morgan fingerprint density at radius 1 is 1.39 bits per heavy atom. The highest BCUT2D eigenvalue weighted by atomic mass is 19.1. The summed E-state index contributed by atoms with van der Waals surface area (Å²) in [5.74, 6) is -3.61. The van der Waals surface area contributed by atoms with Gasteiger partial charge in [0.15, 0.2) is 11.6 Å². The molecule has 4 rings (SSSR count). The maximum Gasteiger partial charge on any atom is 0.341 e. The average molecular weight is 435 g/mol. The van der Waals surface area contributed by atoms with Gasteiger partial charge in [0.1, 0.15) is 11.3 Å². The summed E-state index contributed by atoms with van der Waals surface area (Å²) in [6.45, 7) is 2.12. The first-order valence-electron chi connectivity index (χ1n) is 9.71. The highest BCUT2D eigenvalue weighted by molar-refractivity contribution is 6.00. The van der Waals surface area contributed by atoms with E-state index in [4.69, 9.17) is 16.3 Å². The van der Waals surface area contributed by atoms with Gasteiger partial charge in [0.05, 0.1) is 29.4 Å². The first kappa shape index (κ1) is 21.1. The van der Waals surface area contributed by atoms with E-state index in [1.165, 1.54) is 22.8 Å². The van der Waals surface area contributed by atoms with Gasteiger partial charge in [-0.05, 0) is 12.8 Å². The fourth-order valence-electron chi connectivity index (χ4n) is 3.99. The van der Waals surface area contributed by atoms with Crippen molar-refractivity contribution >= 4 is 28.2 Å². The summed E-state index contributed by atoms with van der Waals surface area (Å²) < 4.78 is 32.6. The van der Waals surface area contributed by atoms with E-state index in [1.54, 1.807) is 0 Å². The molecule has 0 radical (unpaired) electrons. The fraction of sp³-hybridized carbons (Fsp3) is 0.400. The molecule has 0 bridgehead atoms. The summed E-state index contributed by atoms with van der Waals surface area (Å²) in [5.41, 5.74) is 11.5. The molecule has 1 aromatic heterocycles. The number of carbonyl (C=O) groups is 1. The Balaban J connectivity index is 2.02. The van der Waals surface area contributed by atoms with Crippen LogP contribution in [0.25, 0.3) is 10.9 Å². The maximum atomic E-state index is 15.8. The predicted octanol–water partition coefficient (Wildman–Crippen LogP) is 1.67. The van der Waals surface area contributed by atoms with Gasteiger partial charge in [-0.3, -0.25) is 15.1 Å². The van der Waals surface area contributed by atoms with Crippen molar-refractivity contribution in [1.29, 1.82) is 0 Å². The number of fused-ring (bicyclic) bond motifs is 1. The van der Waals surface area contributed by atoms with Crippen molar-refractivity contribution in [3.63, 3.8) is 0 Å². The zero-order chi connectivity index (χ0) is 22.7. The number of hydrogen-bond acceptors (Lipinski definition) is 7. The van der Waals surface area contributed by atoms with Crippen LogP contribution < -0.4 is 27.3 Å². The molecule has 1 unspecified atom stereocenters. The summed E-state index contributed by atoms with van der Waals surface area (Å²) in [6, 6.07) is -0.192. The van der Waals surface area contributed by atoms with Crippen molar-refractivity contribution in [2.75, 3.05) is 30.8 Å². The highest BCUT2D eigenvalue weighted by Crippen LogP contribution is 2.43. The number of rotatable bonds is 6. The van der Waals surface area contributed by atoms with Gasteiger partial charge in [0.25, 0.3) is 0 Å². The highest BCUT2D eigenvalue weighted by Gasteiger charge is 2.40. The molecule has 1 fully saturated rings. The van der Waals surface area contributed by atoms with E-state index in [0.717, 1.165) is 6.20 Å². The van der Waals surface area contributed by atoms with E-state index in [9.17, 15) is 14.7 Å². The molecule has 2 aromatic rings. The number of nitrogens with two attached hydrogens (primary N) is 2. The van der Waals surface area contributed by atoms with Gasteiger partial charge in [-0.25, -0.2) is 13.6 Å². The van der Waals surface area contributed by atoms with Crippen molar-refractivity contribution < 1.29 is 23.5 Å². The van der Waals surface area contributed by atoms with Crippen LogP contribution in [-0.4, -0.2) is 35.8 Å². The Morgan fingerprint density at radius 3 is 2.61 bits per heavy atom. The second-order valence-corrected chi connectivity index (χ2v) is 8.17. The summed E-state index contributed by atoms with van der Waals surface area (Å²) in [6.07, 6.45) is 3.95. The Kier molecular flexibility index (Phi) is 4.90. The van der Waals surface area contributed by atoms with Gasteiger partial charge in [0.2, 0.25) is 5.43 Å². The number of anilines is 2.